The fraction of sp³-hybridized carbons (Fsp3) is 0.611. The Labute approximate surface area is 177 Å². The van der Waals surface area contributed by atoms with Crippen molar-refractivity contribution >= 4 is 33.4 Å². The van der Waals surface area contributed by atoms with E-state index in [0.717, 1.165) is 0 Å². The molecule has 0 spiro atoms. The standard InChI is InChI=1S/C18H29ClN4O5S/c1-5-22(6-2)29(25,26)23-9-7-21(8-10-23)13-18(24)20-15-11-14(19)16(27-3)12-17(15)28-4/h11-12H,5-10,13H2,1-4H3,(H,20,24). The van der Waals surface area contributed by atoms with Crippen LogP contribution < -0.4 is 14.8 Å². The Balaban J connectivity index is 1.95. The average Bonchev–Trinajstić information content (AvgIpc) is 2.69. The molecule has 1 fully saturated rings. The molecule has 29 heavy (non-hydrogen) atoms. The van der Waals surface area contributed by atoms with E-state index in [0.29, 0.717) is 61.5 Å². The molecule has 1 heterocycles. The van der Waals surface area contributed by atoms with E-state index < -0.39 is 10.2 Å². The number of hydrogen-bond acceptors (Lipinski definition) is 6. The summed E-state index contributed by atoms with van der Waals surface area (Å²) in [5.74, 6) is 0.659. The molecule has 1 aliphatic rings. The van der Waals surface area contributed by atoms with E-state index in [1.807, 2.05) is 18.7 Å². The van der Waals surface area contributed by atoms with Gasteiger partial charge in [-0.1, -0.05) is 25.4 Å². The largest absolute Gasteiger partial charge is 0.495 e. The Bertz CT molecular complexity index is 809. The molecule has 1 aliphatic heterocycles. The molecule has 2 rings (SSSR count). The Kier molecular flexibility index (Phi) is 8.53. The number of hydrogen-bond donors (Lipinski definition) is 1. The third-order valence-corrected chi connectivity index (χ3v) is 7.29. The lowest BCUT2D eigenvalue weighted by molar-refractivity contribution is -0.117. The van der Waals surface area contributed by atoms with Crippen LogP contribution in [0.5, 0.6) is 11.5 Å². The summed E-state index contributed by atoms with van der Waals surface area (Å²) in [6.45, 7) is 6.33. The number of rotatable bonds is 9. The third kappa shape index (κ3) is 5.73. The monoisotopic (exact) mass is 448 g/mol. The van der Waals surface area contributed by atoms with Crippen molar-refractivity contribution in [2.75, 3.05) is 65.3 Å². The van der Waals surface area contributed by atoms with E-state index in [4.69, 9.17) is 21.1 Å². The predicted octanol–water partition coefficient (Wildman–Crippen LogP) is 1.50. The molecule has 1 aromatic carbocycles. The van der Waals surface area contributed by atoms with Gasteiger partial charge in [-0.05, 0) is 6.07 Å². The highest BCUT2D eigenvalue weighted by molar-refractivity contribution is 7.86. The molecule has 0 unspecified atom stereocenters. The van der Waals surface area contributed by atoms with Gasteiger partial charge in [-0.3, -0.25) is 9.69 Å². The maximum Gasteiger partial charge on any atom is 0.282 e. The molecule has 1 saturated heterocycles. The van der Waals surface area contributed by atoms with Gasteiger partial charge in [0.2, 0.25) is 5.91 Å². The minimum Gasteiger partial charge on any atom is -0.495 e. The van der Waals surface area contributed by atoms with Crippen molar-refractivity contribution in [3.05, 3.63) is 17.2 Å². The molecule has 164 valence electrons. The molecule has 9 nitrogen and oxygen atoms in total. The van der Waals surface area contributed by atoms with Gasteiger partial charge in [0.1, 0.15) is 11.5 Å². The number of amides is 1. The number of piperazine rings is 1. The lowest BCUT2D eigenvalue weighted by Crippen LogP contribution is -2.54. The fourth-order valence-electron chi connectivity index (χ4n) is 3.18. The number of nitrogens with zero attached hydrogens (tertiary/aromatic N) is 3. The molecular weight excluding hydrogens is 420 g/mol. The lowest BCUT2D eigenvalue weighted by atomic mass is 10.2. The minimum atomic E-state index is -3.45. The predicted molar refractivity (Wildman–Crippen MR) is 113 cm³/mol. The van der Waals surface area contributed by atoms with Gasteiger partial charge < -0.3 is 14.8 Å². The number of ether oxygens (including phenoxy) is 2. The molecule has 1 aromatic rings. The summed E-state index contributed by atoms with van der Waals surface area (Å²) in [5, 5.41) is 3.15. The van der Waals surface area contributed by atoms with Crippen molar-refractivity contribution in [1.82, 2.24) is 13.5 Å². The number of halogens is 1. The average molecular weight is 449 g/mol. The van der Waals surface area contributed by atoms with Crippen molar-refractivity contribution in [2.45, 2.75) is 13.8 Å². The SMILES string of the molecule is CCN(CC)S(=O)(=O)N1CCN(CC(=O)Nc2cc(Cl)c(OC)cc2OC)CC1. The Morgan fingerprint density at radius 2 is 1.69 bits per heavy atom. The summed E-state index contributed by atoms with van der Waals surface area (Å²) in [6.07, 6.45) is 0. The number of carbonyl (C=O) groups excluding carboxylic acids is 1. The first-order chi connectivity index (χ1) is 13.8. The van der Waals surface area contributed by atoms with Gasteiger partial charge in [-0.15, -0.1) is 0 Å². The number of anilines is 1. The van der Waals surface area contributed by atoms with Crippen LogP contribution in [-0.2, 0) is 15.0 Å². The van der Waals surface area contributed by atoms with Crippen LogP contribution in [0.3, 0.4) is 0 Å². The third-order valence-electron chi connectivity index (χ3n) is 4.80. The van der Waals surface area contributed by atoms with Crippen molar-refractivity contribution in [1.29, 1.82) is 0 Å². The summed E-state index contributed by atoms with van der Waals surface area (Å²) in [6, 6.07) is 3.18. The Morgan fingerprint density at radius 3 is 2.21 bits per heavy atom. The van der Waals surface area contributed by atoms with Crippen LogP contribution in [0.1, 0.15) is 13.8 Å². The van der Waals surface area contributed by atoms with Crippen LogP contribution >= 0.6 is 11.6 Å². The molecule has 0 atom stereocenters. The van der Waals surface area contributed by atoms with Crippen LogP contribution in [0, 0.1) is 0 Å². The van der Waals surface area contributed by atoms with Gasteiger partial charge in [-0.2, -0.15) is 17.0 Å². The number of methoxy groups -OCH3 is 2. The number of benzene rings is 1. The molecule has 0 radical (unpaired) electrons. The van der Waals surface area contributed by atoms with Gasteiger partial charge >= 0.3 is 0 Å². The molecule has 1 N–H and O–H groups in total. The van der Waals surface area contributed by atoms with Crippen LogP contribution in [-0.4, -0.2) is 87.9 Å². The number of nitrogens with one attached hydrogen (secondary N) is 1. The Hall–Kier alpha value is -1.59. The molecule has 0 saturated carbocycles. The molecule has 0 bridgehead atoms. The zero-order valence-corrected chi connectivity index (χ0v) is 18.8. The second-order valence-electron chi connectivity index (χ2n) is 6.50. The Morgan fingerprint density at radius 1 is 1.10 bits per heavy atom. The van der Waals surface area contributed by atoms with Crippen molar-refractivity contribution in [2.24, 2.45) is 0 Å². The minimum absolute atomic E-state index is 0.145. The molecular formula is C18H29ClN4O5S. The van der Waals surface area contributed by atoms with Crippen LogP contribution in [0.15, 0.2) is 12.1 Å². The summed E-state index contributed by atoms with van der Waals surface area (Å²) in [7, 11) is -0.456. The zero-order chi connectivity index (χ0) is 21.6. The first kappa shape index (κ1) is 23.7. The molecule has 0 aromatic heterocycles. The van der Waals surface area contributed by atoms with Crippen molar-refractivity contribution in [3.63, 3.8) is 0 Å². The van der Waals surface area contributed by atoms with E-state index in [9.17, 15) is 13.2 Å². The quantitative estimate of drug-likeness (QED) is 0.615. The summed E-state index contributed by atoms with van der Waals surface area (Å²) in [5.41, 5.74) is 0.450. The second kappa shape index (κ2) is 10.4. The van der Waals surface area contributed by atoms with E-state index in [2.05, 4.69) is 5.32 Å². The highest BCUT2D eigenvalue weighted by atomic mass is 35.5. The van der Waals surface area contributed by atoms with Crippen LogP contribution in [0.2, 0.25) is 5.02 Å². The topological polar surface area (TPSA) is 91.4 Å². The van der Waals surface area contributed by atoms with Crippen LogP contribution in [0.4, 0.5) is 5.69 Å². The first-order valence-corrected chi connectivity index (χ1v) is 11.2. The van der Waals surface area contributed by atoms with Crippen LogP contribution in [0.25, 0.3) is 0 Å². The zero-order valence-electron chi connectivity index (χ0n) is 17.3. The van der Waals surface area contributed by atoms with E-state index in [-0.39, 0.29) is 12.5 Å². The normalized spacial score (nSPS) is 16.1. The summed E-state index contributed by atoms with van der Waals surface area (Å²) in [4.78, 5) is 14.4. The van der Waals surface area contributed by atoms with E-state index >= 15 is 0 Å². The van der Waals surface area contributed by atoms with Crippen molar-refractivity contribution < 1.29 is 22.7 Å². The smallest absolute Gasteiger partial charge is 0.282 e. The molecule has 11 heteroatoms. The van der Waals surface area contributed by atoms with Crippen molar-refractivity contribution in [3.8, 4) is 11.5 Å². The molecule has 1 amide bonds. The lowest BCUT2D eigenvalue weighted by Gasteiger charge is -2.35. The second-order valence-corrected chi connectivity index (χ2v) is 8.84. The van der Waals surface area contributed by atoms with Gasteiger partial charge in [0.15, 0.2) is 0 Å². The van der Waals surface area contributed by atoms with Gasteiger partial charge in [0.05, 0.1) is 31.5 Å². The van der Waals surface area contributed by atoms with E-state index in [1.54, 1.807) is 12.1 Å². The maximum absolute atomic E-state index is 12.6. The number of carbonyl (C=O) groups is 1. The fourth-order valence-corrected chi connectivity index (χ4v) is 5.03. The maximum atomic E-state index is 12.6. The van der Waals surface area contributed by atoms with E-state index in [1.165, 1.54) is 22.8 Å². The summed E-state index contributed by atoms with van der Waals surface area (Å²) >= 11 is 6.13. The van der Waals surface area contributed by atoms with Gasteiger partial charge in [-0.25, -0.2) is 0 Å². The molecule has 0 aliphatic carbocycles. The highest BCUT2D eigenvalue weighted by Crippen LogP contribution is 2.35. The highest BCUT2D eigenvalue weighted by Gasteiger charge is 2.31. The first-order valence-electron chi connectivity index (χ1n) is 9.45. The van der Waals surface area contributed by atoms with Gasteiger partial charge in [0.25, 0.3) is 10.2 Å². The van der Waals surface area contributed by atoms with Gasteiger partial charge in [0, 0.05) is 45.3 Å². The summed E-state index contributed by atoms with van der Waals surface area (Å²) < 4.78 is 38.5.